The van der Waals surface area contributed by atoms with Crippen LogP contribution in [0.2, 0.25) is 0 Å². The van der Waals surface area contributed by atoms with Gasteiger partial charge in [-0.2, -0.15) is 13.2 Å². The molecule has 0 spiro atoms. The summed E-state index contributed by atoms with van der Waals surface area (Å²) < 4.78 is 41.6. The summed E-state index contributed by atoms with van der Waals surface area (Å²) >= 11 is 3.07. The zero-order valence-electron chi connectivity index (χ0n) is 11.0. The normalized spacial score (nSPS) is 13.0. The number of nitro benzene ring substituents is 1. The van der Waals surface area contributed by atoms with Gasteiger partial charge < -0.3 is 9.84 Å². The van der Waals surface area contributed by atoms with Crippen molar-refractivity contribution in [1.82, 2.24) is 0 Å². The van der Waals surface area contributed by atoms with Gasteiger partial charge in [0, 0.05) is 22.5 Å². The maximum absolute atomic E-state index is 12.0. The maximum atomic E-state index is 12.0. The quantitative estimate of drug-likeness (QED) is 0.463. The molecule has 1 atom stereocenters. The number of benzene rings is 1. The molecule has 5 nitrogen and oxygen atoms in total. The number of aliphatic hydroxyl groups is 1. The second-order valence-electron chi connectivity index (χ2n) is 4.34. The highest BCUT2D eigenvalue weighted by Gasteiger charge is 2.27. The van der Waals surface area contributed by atoms with Crippen LogP contribution in [0.25, 0.3) is 0 Å². The van der Waals surface area contributed by atoms with E-state index in [1.165, 1.54) is 19.1 Å². The number of nitro groups is 1. The van der Waals surface area contributed by atoms with E-state index in [2.05, 4.69) is 15.9 Å². The van der Waals surface area contributed by atoms with E-state index in [1.54, 1.807) is 0 Å². The molecule has 0 aliphatic heterocycles. The zero-order chi connectivity index (χ0) is 16.2. The number of rotatable bonds is 6. The van der Waals surface area contributed by atoms with Gasteiger partial charge in [0.15, 0.2) is 0 Å². The summed E-state index contributed by atoms with van der Waals surface area (Å²) in [6.45, 7) is 1.05. The second kappa shape index (κ2) is 7.08. The predicted molar refractivity (Wildman–Crippen MR) is 72.2 cm³/mol. The van der Waals surface area contributed by atoms with E-state index in [0.717, 1.165) is 0 Å². The Kier molecular flexibility index (Phi) is 5.97. The van der Waals surface area contributed by atoms with Crippen LogP contribution < -0.4 is 4.74 Å². The lowest BCUT2D eigenvalue weighted by Crippen LogP contribution is -2.11. The van der Waals surface area contributed by atoms with Crippen molar-refractivity contribution in [3.8, 4) is 5.75 Å². The molecule has 0 heterocycles. The third-order valence-corrected chi connectivity index (χ3v) is 3.02. The van der Waals surface area contributed by atoms with Gasteiger partial charge in [-0.05, 0) is 19.4 Å². The molecular weight excluding hydrogens is 359 g/mol. The molecule has 0 bridgehead atoms. The van der Waals surface area contributed by atoms with Crippen LogP contribution in [0.3, 0.4) is 0 Å². The molecule has 0 radical (unpaired) electrons. The van der Waals surface area contributed by atoms with Gasteiger partial charge >= 0.3 is 11.9 Å². The first-order valence-corrected chi connectivity index (χ1v) is 6.76. The lowest BCUT2D eigenvalue weighted by atomic mass is 10.1. The van der Waals surface area contributed by atoms with Gasteiger partial charge in [0.25, 0.3) is 0 Å². The average Bonchev–Trinajstić information content (AvgIpc) is 2.33. The number of ether oxygens (including phenoxy) is 1. The van der Waals surface area contributed by atoms with Gasteiger partial charge in [-0.3, -0.25) is 10.1 Å². The third-order valence-electron chi connectivity index (χ3n) is 2.56. The number of halogens is 4. The molecule has 0 saturated carbocycles. The summed E-state index contributed by atoms with van der Waals surface area (Å²) in [6, 6.07) is 2.60. The van der Waals surface area contributed by atoms with Gasteiger partial charge in [-0.15, -0.1) is 0 Å². The minimum atomic E-state index is -4.30. The minimum absolute atomic E-state index is 0.142. The van der Waals surface area contributed by atoms with Crippen LogP contribution in [0, 0.1) is 10.1 Å². The first-order chi connectivity index (χ1) is 9.61. The van der Waals surface area contributed by atoms with Crippen LogP contribution in [-0.4, -0.2) is 22.8 Å². The molecule has 21 heavy (non-hydrogen) atoms. The average molecular weight is 372 g/mol. The summed E-state index contributed by atoms with van der Waals surface area (Å²) in [5.41, 5.74) is -0.268. The fraction of sp³-hybridized carbons (Fsp3) is 0.500. The number of alkyl halides is 3. The molecule has 0 aliphatic rings. The fourth-order valence-electron chi connectivity index (χ4n) is 1.65. The van der Waals surface area contributed by atoms with E-state index in [9.17, 15) is 28.4 Å². The first-order valence-electron chi connectivity index (χ1n) is 5.97. The Morgan fingerprint density at radius 1 is 1.48 bits per heavy atom. The summed E-state index contributed by atoms with van der Waals surface area (Å²) in [7, 11) is 0. The topological polar surface area (TPSA) is 72.6 Å². The Bertz CT molecular complexity index is 520. The summed E-state index contributed by atoms with van der Waals surface area (Å²) in [6.07, 6.45) is -6.72. The molecule has 0 aliphatic carbocycles. The van der Waals surface area contributed by atoms with Crippen molar-refractivity contribution in [2.75, 3.05) is 6.61 Å². The lowest BCUT2D eigenvalue weighted by Gasteiger charge is -2.14. The maximum Gasteiger partial charge on any atom is 0.389 e. The Hall–Kier alpha value is -1.35. The molecule has 0 aromatic heterocycles. The van der Waals surface area contributed by atoms with Crippen LogP contribution >= 0.6 is 15.9 Å². The highest BCUT2D eigenvalue weighted by atomic mass is 79.9. The Labute approximate surface area is 127 Å². The Morgan fingerprint density at radius 2 is 2.10 bits per heavy atom. The number of hydrogen-bond acceptors (Lipinski definition) is 4. The van der Waals surface area contributed by atoms with Crippen LogP contribution in [0.4, 0.5) is 18.9 Å². The summed E-state index contributed by atoms with van der Waals surface area (Å²) in [5, 5.41) is 20.6. The molecule has 1 aromatic carbocycles. The van der Waals surface area contributed by atoms with Crippen molar-refractivity contribution in [3.05, 3.63) is 32.3 Å². The molecule has 1 unspecified atom stereocenters. The monoisotopic (exact) mass is 371 g/mol. The minimum Gasteiger partial charge on any atom is -0.487 e. The van der Waals surface area contributed by atoms with Crippen LogP contribution in [0.1, 0.15) is 31.4 Å². The highest BCUT2D eigenvalue weighted by molar-refractivity contribution is 9.10. The first kappa shape index (κ1) is 17.7. The molecule has 0 saturated heterocycles. The van der Waals surface area contributed by atoms with E-state index >= 15 is 0 Å². The fourth-order valence-corrected chi connectivity index (χ4v) is 2.11. The third kappa shape index (κ3) is 5.50. The van der Waals surface area contributed by atoms with Crippen molar-refractivity contribution in [3.63, 3.8) is 0 Å². The van der Waals surface area contributed by atoms with Crippen molar-refractivity contribution >= 4 is 21.6 Å². The smallest absolute Gasteiger partial charge is 0.389 e. The van der Waals surface area contributed by atoms with Crippen molar-refractivity contribution in [2.45, 2.75) is 32.0 Å². The largest absolute Gasteiger partial charge is 0.487 e. The molecule has 1 N–H and O–H groups in total. The lowest BCUT2D eigenvalue weighted by molar-refractivity contribution is -0.386. The van der Waals surface area contributed by atoms with Gasteiger partial charge in [-0.1, -0.05) is 15.9 Å². The zero-order valence-corrected chi connectivity index (χ0v) is 12.6. The molecule has 1 rings (SSSR count). The number of hydrogen-bond donors (Lipinski definition) is 1. The van der Waals surface area contributed by atoms with Crippen LogP contribution in [0.15, 0.2) is 16.6 Å². The molecule has 9 heteroatoms. The van der Waals surface area contributed by atoms with Gasteiger partial charge in [0.05, 0.1) is 17.6 Å². The summed E-state index contributed by atoms with van der Waals surface area (Å²) in [4.78, 5) is 10.3. The van der Waals surface area contributed by atoms with Crippen molar-refractivity contribution in [2.24, 2.45) is 0 Å². The van der Waals surface area contributed by atoms with Crippen LogP contribution in [-0.2, 0) is 0 Å². The van der Waals surface area contributed by atoms with Crippen LogP contribution in [0.5, 0.6) is 5.75 Å². The number of nitrogens with zero attached hydrogens (tertiary/aromatic N) is 1. The van der Waals surface area contributed by atoms with Gasteiger partial charge in [-0.25, -0.2) is 0 Å². The Balaban J connectivity index is 2.95. The van der Waals surface area contributed by atoms with E-state index in [1.807, 2.05) is 0 Å². The summed E-state index contributed by atoms with van der Waals surface area (Å²) in [5.74, 6) is -0.208. The van der Waals surface area contributed by atoms with Gasteiger partial charge in [0.2, 0.25) is 5.75 Å². The Morgan fingerprint density at radius 3 is 2.57 bits per heavy atom. The van der Waals surface area contributed by atoms with E-state index in [-0.39, 0.29) is 24.3 Å². The second-order valence-corrected chi connectivity index (χ2v) is 5.26. The van der Waals surface area contributed by atoms with E-state index < -0.39 is 29.3 Å². The van der Waals surface area contributed by atoms with Gasteiger partial charge in [0.1, 0.15) is 0 Å². The number of aliphatic hydroxyl groups excluding tert-OH is 1. The SMILES string of the molecule is CC(O)c1cc(Br)cc([N+](=O)[O-])c1OCCCC(F)(F)F. The highest BCUT2D eigenvalue weighted by Crippen LogP contribution is 2.38. The predicted octanol–water partition coefficient (Wildman–Crippen LogP) is 4.13. The van der Waals surface area contributed by atoms with E-state index in [4.69, 9.17) is 4.74 Å². The molecule has 0 fully saturated rings. The van der Waals surface area contributed by atoms with E-state index in [0.29, 0.717) is 4.47 Å². The molecular formula is C12H13BrF3NO4. The van der Waals surface area contributed by atoms with Crippen molar-refractivity contribution in [1.29, 1.82) is 0 Å². The standard InChI is InChI=1S/C12H13BrF3NO4/c1-7(18)9-5-8(13)6-10(17(19)20)11(9)21-4-2-3-12(14,15)16/h5-7,18H,2-4H2,1H3. The molecule has 0 amide bonds. The molecule has 118 valence electrons. The molecule has 1 aromatic rings. The van der Waals surface area contributed by atoms with Crippen molar-refractivity contribution < 1.29 is 27.9 Å².